The molecule has 0 spiro atoms. The van der Waals surface area contributed by atoms with Gasteiger partial charge in [-0.1, -0.05) is 11.6 Å². The second-order valence-corrected chi connectivity index (χ2v) is 6.77. The Morgan fingerprint density at radius 2 is 1.96 bits per heavy atom. The Bertz CT molecular complexity index is 1060. The molecule has 0 radical (unpaired) electrons. The maximum Gasteiger partial charge on any atom is 0.254 e. The summed E-state index contributed by atoms with van der Waals surface area (Å²) in [6, 6.07) is 5.86. The van der Waals surface area contributed by atoms with Gasteiger partial charge < -0.3 is 4.98 Å². The number of hydrogen-bond acceptors (Lipinski definition) is 4. The second kappa shape index (κ2) is 7.17. The highest BCUT2D eigenvalue weighted by Crippen LogP contribution is 2.25. The molecule has 1 N–H and O–H groups in total. The molecular weight excluding hydrogens is 374 g/mol. The molecule has 0 saturated carbocycles. The van der Waals surface area contributed by atoms with Crippen molar-refractivity contribution in [2.24, 2.45) is 0 Å². The highest BCUT2D eigenvalue weighted by molar-refractivity contribution is 6.30. The van der Waals surface area contributed by atoms with Crippen LogP contribution in [-0.4, -0.2) is 26.4 Å². The Kier molecular flexibility index (Phi) is 4.72. The van der Waals surface area contributed by atoms with E-state index >= 15 is 0 Å². The number of H-pyrrole nitrogens is 1. The van der Waals surface area contributed by atoms with Gasteiger partial charge in [0.2, 0.25) is 0 Å². The second-order valence-electron chi connectivity index (χ2n) is 6.36. The zero-order valence-electron chi connectivity index (χ0n) is 14.2. The van der Waals surface area contributed by atoms with E-state index in [9.17, 15) is 13.6 Å². The van der Waals surface area contributed by atoms with Crippen LogP contribution in [-0.2, 0) is 19.5 Å². The number of aromatic nitrogens is 3. The van der Waals surface area contributed by atoms with Crippen LogP contribution in [0, 0.1) is 11.6 Å². The minimum atomic E-state index is -0.751. The van der Waals surface area contributed by atoms with Crippen molar-refractivity contribution >= 4 is 11.6 Å². The molecule has 5 nitrogen and oxygen atoms in total. The summed E-state index contributed by atoms with van der Waals surface area (Å²) in [5.74, 6) is -0.944. The number of nitrogens with zero attached hydrogens (tertiary/aromatic N) is 3. The molecule has 1 aromatic carbocycles. The Labute approximate surface area is 158 Å². The van der Waals surface area contributed by atoms with Gasteiger partial charge in [0.05, 0.1) is 10.7 Å². The summed E-state index contributed by atoms with van der Waals surface area (Å²) in [6.45, 7) is 0.872. The quantitative estimate of drug-likeness (QED) is 0.699. The van der Waals surface area contributed by atoms with E-state index in [0.717, 1.165) is 11.6 Å². The molecule has 0 amide bonds. The first-order chi connectivity index (χ1) is 13.0. The molecule has 1 aliphatic heterocycles. The van der Waals surface area contributed by atoms with Crippen molar-refractivity contribution in [2.75, 3.05) is 6.54 Å². The lowest BCUT2D eigenvalue weighted by Crippen LogP contribution is -2.35. The van der Waals surface area contributed by atoms with Crippen molar-refractivity contribution in [1.29, 1.82) is 0 Å². The monoisotopic (exact) mass is 388 g/mol. The van der Waals surface area contributed by atoms with E-state index in [1.807, 2.05) is 4.90 Å². The fraction of sp³-hybridized carbons (Fsp3) is 0.211. The lowest BCUT2D eigenvalue weighted by Gasteiger charge is -2.28. The summed E-state index contributed by atoms with van der Waals surface area (Å²) < 4.78 is 28.2. The van der Waals surface area contributed by atoms with E-state index in [1.54, 1.807) is 24.5 Å². The number of benzene rings is 1. The molecule has 8 heteroatoms. The fourth-order valence-corrected chi connectivity index (χ4v) is 3.39. The number of hydrogen-bond donors (Lipinski definition) is 1. The first kappa shape index (κ1) is 17.8. The predicted molar refractivity (Wildman–Crippen MR) is 97.3 cm³/mol. The van der Waals surface area contributed by atoms with Crippen molar-refractivity contribution in [1.82, 2.24) is 19.9 Å². The maximum atomic E-state index is 14.2. The first-order valence-corrected chi connectivity index (χ1v) is 8.78. The molecule has 1 aliphatic rings. The fourth-order valence-electron chi connectivity index (χ4n) is 3.21. The van der Waals surface area contributed by atoms with Crippen LogP contribution in [0.15, 0.2) is 41.5 Å². The average Bonchev–Trinajstić information content (AvgIpc) is 2.68. The van der Waals surface area contributed by atoms with E-state index in [-0.39, 0.29) is 22.7 Å². The molecule has 0 saturated heterocycles. The number of nitrogens with one attached hydrogen (secondary N) is 1. The van der Waals surface area contributed by atoms with Gasteiger partial charge in [0.15, 0.2) is 0 Å². The summed E-state index contributed by atoms with van der Waals surface area (Å²) >= 11 is 5.77. The van der Waals surface area contributed by atoms with Crippen molar-refractivity contribution < 1.29 is 8.78 Å². The molecule has 0 atom stereocenters. The Morgan fingerprint density at radius 3 is 2.74 bits per heavy atom. The third kappa shape index (κ3) is 3.48. The van der Waals surface area contributed by atoms with Gasteiger partial charge in [-0.15, -0.1) is 0 Å². The van der Waals surface area contributed by atoms with E-state index in [4.69, 9.17) is 11.6 Å². The van der Waals surface area contributed by atoms with Crippen LogP contribution in [0.1, 0.15) is 16.8 Å². The molecule has 27 heavy (non-hydrogen) atoms. The highest BCUT2D eigenvalue weighted by Gasteiger charge is 2.24. The predicted octanol–water partition coefficient (Wildman–Crippen LogP) is 3.32. The first-order valence-electron chi connectivity index (χ1n) is 8.40. The van der Waals surface area contributed by atoms with E-state index in [2.05, 4.69) is 15.0 Å². The molecule has 2 aromatic heterocycles. The highest BCUT2D eigenvalue weighted by atomic mass is 35.5. The van der Waals surface area contributed by atoms with Crippen LogP contribution in [0.3, 0.4) is 0 Å². The zero-order chi connectivity index (χ0) is 19.0. The number of halogens is 3. The van der Waals surface area contributed by atoms with Crippen LogP contribution in [0.2, 0.25) is 5.02 Å². The van der Waals surface area contributed by atoms with Crippen molar-refractivity contribution in [3.8, 4) is 11.4 Å². The van der Waals surface area contributed by atoms with Gasteiger partial charge in [-0.3, -0.25) is 14.7 Å². The Morgan fingerprint density at radius 1 is 1.19 bits per heavy atom. The number of pyridine rings is 1. The molecule has 138 valence electrons. The van der Waals surface area contributed by atoms with Crippen molar-refractivity contribution in [3.05, 3.63) is 80.5 Å². The lowest BCUT2D eigenvalue weighted by atomic mass is 10.0. The molecule has 0 bridgehead atoms. The van der Waals surface area contributed by atoms with Gasteiger partial charge in [-0.05, 0) is 30.7 Å². The summed E-state index contributed by atoms with van der Waals surface area (Å²) in [6.07, 6.45) is 3.69. The van der Waals surface area contributed by atoms with Crippen LogP contribution in [0.4, 0.5) is 8.78 Å². The van der Waals surface area contributed by atoms with Crippen LogP contribution in [0.5, 0.6) is 0 Å². The zero-order valence-corrected chi connectivity index (χ0v) is 14.9. The SMILES string of the molecule is O=c1[nH]c(-c2ccncc2)nc2c1CCN(Cc1c(F)ccc(Cl)c1F)C2. The van der Waals surface area contributed by atoms with Gasteiger partial charge >= 0.3 is 0 Å². The van der Waals surface area contributed by atoms with Crippen LogP contribution in [0.25, 0.3) is 11.4 Å². The summed E-state index contributed by atoms with van der Waals surface area (Å²) in [4.78, 5) is 25.6. The van der Waals surface area contributed by atoms with E-state index in [0.29, 0.717) is 36.6 Å². The smallest absolute Gasteiger partial charge is 0.254 e. The maximum absolute atomic E-state index is 14.2. The average molecular weight is 389 g/mol. The standard InChI is InChI=1S/C19H15ClF2N4O/c20-14-1-2-15(21)13(17(14)22)9-26-8-5-12-16(10-26)24-18(25-19(12)27)11-3-6-23-7-4-11/h1-4,6-7H,5,8-10H2,(H,24,25,27). The van der Waals surface area contributed by atoms with Gasteiger partial charge in [0.25, 0.3) is 5.56 Å². The molecule has 0 aliphatic carbocycles. The van der Waals surface area contributed by atoms with Gasteiger partial charge in [0.1, 0.15) is 17.5 Å². The molecule has 0 unspecified atom stereocenters. The summed E-state index contributed by atoms with van der Waals surface area (Å²) in [7, 11) is 0. The molecule has 3 heterocycles. The molecule has 4 rings (SSSR count). The summed E-state index contributed by atoms with van der Waals surface area (Å²) in [5.41, 5.74) is 1.70. The third-order valence-corrected chi connectivity index (χ3v) is 4.92. The minimum Gasteiger partial charge on any atom is -0.306 e. The number of rotatable bonds is 3. The normalized spacial score (nSPS) is 14.2. The Balaban J connectivity index is 1.64. The topological polar surface area (TPSA) is 61.9 Å². The van der Waals surface area contributed by atoms with E-state index < -0.39 is 11.6 Å². The lowest BCUT2D eigenvalue weighted by molar-refractivity contribution is 0.233. The van der Waals surface area contributed by atoms with E-state index in [1.165, 1.54) is 6.07 Å². The number of fused-ring (bicyclic) bond motifs is 1. The Hall–Kier alpha value is -2.64. The van der Waals surface area contributed by atoms with Crippen molar-refractivity contribution in [2.45, 2.75) is 19.5 Å². The van der Waals surface area contributed by atoms with Crippen LogP contribution >= 0.6 is 11.6 Å². The molecular formula is C19H15ClF2N4O. The molecule has 3 aromatic rings. The van der Waals surface area contributed by atoms with Crippen molar-refractivity contribution in [3.63, 3.8) is 0 Å². The largest absolute Gasteiger partial charge is 0.306 e. The summed E-state index contributed by atoms with van der Waals surface area (Å²) in [5, 5.41) is -0.113. The van der Waals surface area contributed by atoms with Gasteiger partial charge in [-0.25, -0.2) is 13.8 Å². The molecule has 0 fully saturated rings. The van der Waals surface area contributed by atoms with Crippen LogP contribution < -0.4 is 5.56 Å². The third-order valence-electron chi connectivity index (χ3n) is 4.63. The minimum absolute atomic E-state index is 0.0523. The van der Waals surface area contributed by atoms with Gasteiger partial charge in [0, 0.05) is 48.7 Å². The van der Waals surface area contributed by atoms with Gasteiger partial charge in [-0.2, -0.15) is 0 Å². The number of aromatic amines is 1.